The van der Waals surface area contributed by atoms with Gasteiger partial charge in [0.25, 0.3) is 0 Å². The molecule has 39 heavy (non-hydrogen) atoms. The summed E-state index contributed by atoms with van der Waals surface area (Å²) in [6.45, 7) is 8.32. The number of aryl methyl sites for hydroxylation is 1. The van der Waals surface area contributed by atoms with Gasteiger partial charge in [-0.3, -0.25) is 0 Å². The second-order valence-corrected chi connectivity index (χ2v) is 12.6. The molecule has 1 N–H and O–H groups in total. The molecule has 0 spiro atoms. The van der Waals surface area contributed by atoms with Crippen LogP contribution >= 0.6 is 0 Å². The topological polar surface area (TPSA) is 103 Å². The summed E-state index contributed by atoms with van der Waals surface area (Å²) in [5.74, 6) is -0.659. The van der Waals surface area contributed by atoms with E-state index in [1.807, 2.05) is 49.4 Å². The van der Waals surface area contributed by atoms with Crippen molar-refractivity contribution in [1.29, 1.82) is 0 Å². The molecule has 199 valence electrons. The average molecular weight is 586 g/mol. The zero-order valence-electron chi connectivity index (χ0n) is 22.8. The molecule has 0 saturated carbocycles. The van der Waals surface area contributed by atoms with Gasteiger partial charge in [0.1, 0.15) is 0 Å². The molecule has 0 aliphatic heterocycles. The van der Waals surface area contributed by atoms with Crippen LogP contribution < -0.4 is 19.7 Å². The number of nitrogens with zero attached hydrogens (tertiary/aromatic N) is 3. The Bertz CT molecular complexity index is 1590. The standard InChI is InChI=1S/C30H30AsN4O4/c1-18-22(8-7-9-24(18)33-27(36)19-10-13-21(14-11-19)30(2,3)4)25-16-23(28(37)35(5)34-25)31-26-15-12-20(17-32-26)29(38)39-6/h7-17H,1-6H3,(H,33,36). The van der Waals surface area contributed by atoms with Gasteiger partial charge in [-0.05, 0) is 5.41 Å². The number of benzene rings is 2. The average Bonchev–Trinajstić information content (AvgIpc) is 2.92. The van der Waals surface area contributed by atoms with Crippen LogP contribution in [0.1, 0.15) is 52.6 Å². The maximum absolute atomic E-state index is 13.0. The first-order chi connectivity index (χ1) is 18.5. The molecule has 4 rings (SSSR count). The van der Waals surface area contributed by atoms with Crippen molar-refractivity contribution in [3.8, 4) is 11.3 Å². The summed E-state index contributed by atoms with van der Waals surface area (Å²) in [5, 5.41) is 7.51. The summed E-state index contributed by atoms with van der Waals surface area (Å²) >= 11 is -0.759. The minimum absolute atomic E-state index is 0.00601. The van der Waals surface area contributed by atoms with Gasteiger partial charge in [0, 0.05) is 0 Å². The molecule has 1 radical (unpaired) electrons. The van der Waals surface area contributed by atoms with Crippen molar-refractivity contribution in [2.75, 3.05) is 12.4 Å². The van der Waals surface area contributed by atoms with Crippen molar-refractivity contribution in [3.63, 3.8) is 0 Å². The van der Waals surface area contributed by atoms with Gasteiger partial charge >= 0.3 is 208 Å². The monoisotopic (exact) mass is 585 g/mol. The molecule has 0 atom stereocenters. The molecule has 9 heteroatoms. The van der Waals surface area contributed by atoms with Gasteiger partial charge in [-0.2, -0.15) is 0 Å². The van der Waals surface area contributed by atoms with Crippen molar-refractivity contribution < 1.29 is 14.3 Å². The van der Waals surface area contributed by atoms with Gasteiger partial charge in [-0.1, -0.05) is 20.8 Å². The number of esters is 1. The second-order valence-electron chi connectivity index (χ2n) is 10.1. The Hall–Kier alpha value is -4.03. The SMILES string of the molecule is COC(=O)c1ccc([As]c2cc(-c3cccc(NC(=O)c4ccc(C(C)(C)C)cc4)c3C)nn(C)c2=O)nc1. The molecule has 2 aromatic heterocycles. The minimum atomic E-state index is -0.759. The van der Waals surface area contributed by atoms with E-state index >= 15 is 0 Å². The molecule has 8 nitrogen and oxygen atoms in total. The fraction of sp³-hybridized carbons (Fsp3) is 0.233. The summed E-state index contributed by atoms with van der Waals surface area (Å²) in [4.78, 5) is 41.9. The van der Waals surface area contributed by atoms with Gasteiger partial charge < -0.3 is 0 Å². The van der Waals surface area contributed by atoms with Crippen LogP contribution in [0.4, 0.5) is 5.69 Å². The van der Waals surface area contributed by atoms with Crippen molar-refractivity contribution in [3.05, 3.63) is 99.5 Å². The number of carbonyl (C=O) groups excluding carboxylic acids is 2. The summed E-state index contributed by atoms with van der Waals surface area (Å²) in [6.07, 6.45) is 1.45. The van der Waals surface area contributed by atoms with Gasteiger partial charge in [0.2, 0.25) is 0 Å². The van der Waals surface area contributed by atoms with E-state index < -0.39 is 21.7 Å². The first kappa shape index (κ1) is 28.0. The predicted molar refractivity (Wildman–Crippen MR) is 153 cm³/mol. The third-order valence-electron chi connectivity index (χ3n) is 6.32. The van der Waals surface area contributed by atoms with Gasteiger partial charge in [0.15, 0.2) is 0 Å². The van der Waals surface area contributed by atoms with Crippen LogP contribution in [-0.4, -0.2) is 49.5 Å². The van der Waals surface area contributed by atoms with E-state index in [4.69, 9.17) is 4.74 Å². The summed E-state index contributed by atoms with van der Waals surface area (Å²) in [5.41, 5.74) is 4.83. The number of methoxy groups -OCH3 is 1. The zero-order chi connectivity index (χ0) is 28.3. The summed E-state index contributed by atoms with van der Waals surface area (Å²) in [6, 6.07) is 18.4. The Morgan fingerprint density at radius 3 is 2.31 bits per heavy atom. The number of carbonyl (C=O) groups is 2. The van der Waals surface area contributed by atoms with Crippen LogP contribution in [0.3, 0.4) is 0 Å². The number of pyridine rings is 1. The third-order valence-corrected chi connectivity index (χ3v) is 8.53. The Labute approximate surface area is 234 Å². The molecule has 4 aromatic rings. The molecular weight excluding hydrogens is 555 g/mol. The van der Waals surface area contributed by atoms with Gasteiger partial charge in [-0.25, -0.2) is 0 Å². The summed E-state index contributed by atoms with van der Waals surface area (Å²) in [7, 11) is 2.93. The van der Waals surface area contributed by atoms with Crippen LogP contribution in [0.5, 0.6) is 0 Å². The number of amides is 1. The van der Waals surface area contributed by atoms with Gasteiger partial charge in [-0.15, -0.1) is 0 Å². The van der Waals surface area contributed by atoms with Crippen molar-refractivity contribution >= 4 is 42.1 Å². The van der Waals surface area contributed by atoms with Crippen molar-refractivity contribution in [2.24, 2.45) is 7.05 Å². The molecule has 2 aromatic carbocycles. The Morgan fingerprint density at radius 1 is 1.00 bits per heavy atom. The number of hydrogen-bond acceptors (Lipinski definition) is 6. The molecule has 0 aliphatic rings. The Kier molecular flexibility index (Phi) is 8.16. The van der Waals surface area contributed by atoms with Crippen LogP contribution in [0, 0.1) is 6.92 Å². The molecule has 0 unspecified atom stereocenters. The van der Waals surface area contributed by atoms with E-state index in [9.17, 15) is 14.4 Å². The Morgan fingerprint density at radius 2 is 1.69 bits per heavy atom. The van der Waals surface area contributed by atoms with Crippen LogP contribution in [0.2, 0.25) is 0 Å². The van der Waals surface area contributed by atoms with E-state index in [2.05, 4.69) is 36.2 Å². The molecule has 0 aliphatic carbocycles. The van der Waals surface area contributed by atoms with Crippen molar-refractivity contribution in [2.45, 2.75) is 33.1 Å². The number of hydrogen-bond donors (Lipinski definition) is 1. The predicted octanol–water partition coefficient (Wildman–Crippen LogP) is 3.14. The van der Waals surface area contributed by atoms with E-state index in [1.165, 1.54) is 18.0 Å². The number of rotatable bonds is 6. The van der Waals surface area contributed by atoms with E-state index in [0.717, 1.165) is 21.2 Å². The molecule has 1 amide bonds. The third kappa shape index (κ3) is 6.34. The number of nitrogens with one attached hydrogen (secondary N) is 1. The first-order valence-corrected chi connectivity index (χ1v) is 14.2. The zero-order valence-corrected chi connectivity index (χ0v) is 24.6. The quantitative estimate of drug-likeness (QED) is 0.276. The van der Waals surface area contributed by atoms with Crippen molar-refractivity contribution in [1.82, 2.24) is 14.8 Å². The molecule has 2 heterocycles. The number of ether oxygens (including phenoxy) is 1. The normalized spacial score (nSPS) is 11.5. The van der Waals surface area contributed by atoms with E-state index in [1.54, 1.807) is 25.2 Å². The Balaban J connectivity index is 1.60. The molecule has 0 bridgehead atoms. The van der Waals surface area contributed by atoms with E-state index in [-0.39, 0.29) is 16.9 Å². The van der Waals surface area contributed by atoms with E-state index in [0.29, 0.717) is 26.9 Å². The van der Waals surface area contributed by atoms with Crippen LogP contribution in [0.15, 0.2) is 71.7 Å². The molecular formula is C30H30AsN4O4. The molecule has 0 saturated heterocycles. The van der Waals surface area contributed by atoms with Gasteiger partial charge in [0.05, 0.1) is 0 Å². The summed E-state index contributed by atoms with van der Waals surface area (Å²) < 4.78 is 7.37. The van der Waals surface area contributed by atoms with Crippen LogP contribution in [-0.2, 0) is 17.2 Å². The van der Waals surface area contributed by atoms with Crippen LogP contribution in [0.25, 0.3) is 11.3 Å². The molecule has 0 fully saturated rings. The fourth-order valence-corrected chi connectivity index (χ4v) is 5.95. The fourth-order valence-electron chi connectivity index (χ4n) is 3.98. The number of anilines is 1. The first-order valence-electron chi connectivity index (χ1n) is 12.3. The second kappa shape index (κ2) is 11.4. The number of aromatic nitrogens is 3. The maximum atomic E-state index is 13.0.